The van der Waals surface area contributed by atoms with Gasteiger partial charge in [-0.1, -0.05) is 5.21 Å². The second kappa shape index (κ2) is 6.56. The smallest absolute Gasteiger partial charge is 0.228 e. The third-order valence-electron chi connectivity index (χ3n) is 4.77. The third-order valence-corrected chi connectivity index (χ3v) is 4.77. The number of ether oxygens (including phenoxy) is 1. The van der Waals surface area contributed by atoms with Gasteiger partial charge in [0.1, 0.15) is 0 Å². The maximum absolute atomic E-state index is 12.6. The maximum Gasteiger partial charge on any atom is 0.228 e. The fourth-order valence-corrected chi connectivity index (χ4v) is 3.41. The van der Waals surface area contributed by atoms with Crippen LogP contribution in [-0.2, 0) is 16.1 Å². The summed E-state index contributed by atoms with van der Waals surface area (Å²) < 4.78 is 7.52. The first-order chi connectivity index (χ1) is 10.2. The first-order valence-electron chi connectivity index (χ1n) is 7.98. The lowest BCUT2D eigenvalue weighted by Crippen LogP contribution is -2.46. The lowest BCUT2D eigenvalue weighted by molar-refractivity contribution is -0.145. The Kier molecular flexibility index (Phi) is 4.53. The number of likely N-dealkylation sites (tertiary alicyclic amines) is 1. The summed E-state index contributed by atoms with van der Waals surface area (Å²) in [5, 5.41) is 7.85. The van der Waals surface area contributed by atoms with E-state index in [2.05, 4.69) is 10.3 Å². The van der Waals surface area contributed by atoms with Gasteiger partial charge in [0.25, 0.3) is 0 Å². The van der Waals surface area contributed by atoms with Crippen LogP contribution in [0.3, 0.4) is 0 Å². The Bertz CT molecular complexity index is 454. The van der Waals surface area contributed by atoms with E-state index in [1.165, 1.54) is 0 Å². The standard InChI is InChI=1S/C15H24N4O2/c1-12-14(3-2-10-21-12)15(20)18-7-4-13(5-8-18)11-19-9-6-16-17-19/h6,9,12-14H,2-5,7-8,10-11H2,1H3/t12-,14+/m0/s1. The molecule has 0 unspecified atom stereocenters. The molecule has 2 aliphatic heterocycles. The van der Waals surface area contributed by atoms with Gasteiger partial charge in [-0.15, -0.1) is 5.10 Å². The average Bonchev–Trinajstić information content (AvgIpc) is 3.01. The van der Waals surface area contributed by atoms with Gasteiger partial charge in [0, 0.05) is 32.4 Å². The summed E-state index contributed by atoms with van der Waals surface area (Å²) in [6.45, 7) is 5.46. The Morgan fingerprint density at radius 2 is 2.14 bits per heavy atom. The lowest BCUT2D eigenvalue weighted by atomic mass is 9.91. The number of amides is 1. The van der Waals surface area contributed by atoms with Crippen molar-refractivity contribution in [2.24, 2.45) is 11.8 Å². The number of aromatic nitrogens is 3. The minimum Gasteiger partial charge on any atom is -0.378 e. The van der Waals surface area contributed by atoms with Crippen molar-refractivity contribution in [3.05, 3.63) is 12.4 Å². The molecular weight excluding hydrogens is 268 g/mol. The molecule has 0 aliphatic carbocycles. The summed E-state index contributed by atoms with van der Waals surface area (Å²) in [4.78, 5) is 14.6. The molecule has 1 aromatic heterocycles. The van der Waals surface area contributed by atoms with Crippen LogP contribution in [0.25, 0.3) is 0 Å². The molecule has 6 heteroatoms. The van der Waals surface area contributed by atoms with Gasteiger partial charge in [0.2, 0.25) is 5.91 Å². The van der Waals surface area contributed by atoms with Gasteiger partial charge in [-0.3, -0.25) is 9.48 Å². The number of carbonyl (C=O) groups excluding carboxylic acids is 1. The zero-order valence-corrected chi connectivity index (χ0v) is 12.6. The van der Waals surface area contributed by atoms with Gasteiger partial charge in [0.05, 0.1) is 18.2 Å². The Labute approximate surface area is 125 Å². The first kappa shape index (κ1) is 14.5. The van der Waals surface area contributed by atoms with Crippen LogP contribution in [0.4, 0.5) is 0 Å². The SMILES string of the molecule is C[C@@H]1OCCC[C@H]1C(=O)N1CCC(Cn2ccnn2)CC1. The second-order valence-corrected chi connectivity index (χ2v) is 6.22. The Morgan fingerprint density at radius 3 is 2.81 bits per heavy atom. The van der Waals surface area contributed by atoms with Crippen molar-refractivity contribution < 1.29 is 9.53 Å². The average molecular weight is 292 g/mol. The van der Waals surface area contributed by atoms with Crippen LogP contribution in [0.15, 0.2) is 12.4 Å². The predicted octanol–water partition coefficient (Wildman–Crippen LogP) is 1.33. The van der Waals surface area contributed by atoms with Crippen molar-refractivity contribution in [2.45, 2.75) is 45.3 Å². The molecule has 3 rings (SSSR count). The molecule has 2 saturated heterocycles. The van der Waals surface area contributed by atoms with Crippen LogP contribution in [-0.4, -0.2) is 51.6 Å². The van der Waals surface area contributed by atoms with E-state index in [0.717, 1.165) is 51.9 Å². The Hall–Kier alpha value is -1.43. The number of carbonyl (C=O) groups is 1. The molecule has 0 saturated carbocycles. The summed E-state index contributed by atoms with van der Waals surface area (Å²) in [6.07, 6.45) is 7.75. The van der Waals surface area contributed by atoms with E-state index in [1.54, 1.807) is 6.20 Å². The molecule has 0 radical (unpaired) electrons. The Morgan fingerprint density at radius 1 is 1.33 bits per heavy atom. The van der Waals surface area contributed by atoms with Crippen LogP contribution in [0.1, 0.15) is 32.6 Å². The van der Waals surface area contributed by atoms with Crippen molar-refractivity contribution >= 4 is 5.91 Å². The van der Waals surface area contributed by atoms with Crippen molar-refractivity contribution in [1.29, 1.82) is 0 Å². The lowest BCUT2D eigenvalue weighted by Gasteiger charge is -2.37. The highest BCUT2D eigenvalue weighted by Crippen LogP contribution is 2.26. The molecule has 0 aromatic carbocycles. The number of rotatable bonds is 3. The predicted molar refractivity (Wildman–Crippen MR) is 77.5 cm³/mol. The van der Waals surface area contributed by atoms with Gasteiger partial charge < -0.3 is 9.64 Å². The molecule has 116 valence electrons. The van der Waals surface area contributed by atoms with Gasteiger partial charge in [0.15, 0.2) is 0 Å². The minimum absolute atomic E-state index is 0.0608. The van der Waals surface area contributed by atoms with E-state index in [9.17, 15) is 4.79 Å². The van der Waals surface area contributed by atoms with Gasteiger partial charge in [-0.2, -0.15) is 0 Å². The molecule has 1 amide bonds. The zero-order valence-electron chi connectivity index (χ0n) is 12.6. The van der Waals surface area contributed by atoms with Crippen molar-refractivity contribution in [1.82, 2.24) is 19.9 Å². The molecule has 2 fully saturated rings. The highest BCUT2D eigenvalue weighted by atomic mass is 16.5. The summed E-state index contributed by atoms with van der Waals surface area (Å²) in [5.74, 6) is 0.947. The molecule has 0 spiro atoms. The van der Waals surface area contributed by atoms with E-state index in [4.69, 9.17) is 4.74 Å². The van der Waals surface area contributed by atoms with Crippen molar-refractivity contribution in [3.63, 3.8) is 0 Å². The second-order valence-electron chi connectivity index (χ2n) is 6.22. The summed E-state index contributed by atoms with van der Waals surface area (Å²) in [7, 11) is 0. The van der Waals surface area contributed by atoms with Crippen molar-refractivity contribution in [3.8, 4) is 0 Å². The van der Waals surface area contributed by atoms with Gasteiger partial charge in [-0.25, -0.2) is 0 Å². The summed E-state index contributed by atoms with van der Waals surface area (Å²) >= 11 is 0. The highest BCUT2D eigenvalue weighted by Gasteiger charge is 2.33. The molecule has 0 N–H and O–H groups in total. The van der Waals surface area contributed by atoms with Crippen LogP contribution in [0.2, 0.25) is 0 Å². The highest BCUT2D eigenvalue weighted by molar-refractivity contribution is 5.79. The molecule has 3 heterocycles. The third kappa shape index (κ3) is 3.43. The monoisotopic (exact) mass is 292 g/mol. The van der Waals surface area contributed by atoms with Gasteiger partial charge >= 0.3 is 0 Å². The van der Waals surface area contributed by atoms with E-state index >= 15 is 0 Å². The fourth-order valence-electron chi connectivity index (χ4n) is 3.41. The number of piperidine rings is 1. The van der Waals surface area contributed by atoms with E-state index in [1.807, 2.05) is 22.7 Å². The summed E-state index contributed by atoms with van der Waals surface area (Å²) in [5.41, 5.74) is 0. The quantitative estimate of drug-likeness (QED) is 0.843. The zero-order chi connectivity index (χ0) is 14.7. The molecule has 0 bridgehead atoms. The first-order valence-corrected chi connectivity index (χ1v) is 7.98. The van der Waals surface area contributed by atoms with Crippen molar-refractivity contribution in [2.75, 3.05) is 19.7 Å². The number of hydrogen-bond donors (Lipinski definition) is 0. The molecule has 6 nitrogen and oxygen atoms in total. The topological polar surface area (TPSA) is 60.2 Å². The van der Waals surface area contributed by atoms with Crippen LogP contribution < -0.4 is 0 Å². The van der Waals surface area contributed by atoms with E-state index < -0.39 is 0 Å². The minimum atomic E-state index is 0.0608. The Balaban J connectivity index is 1.49. The van der Waals surface area contributed by atoms with Crippen LogP contribution in [0, 0.1) is 11.8 Å². The molecule has 2 atom stereocenters. The number of hydrogen-bond acceptors (Lipinski definition) is 4. The van der Waals surface area contributed by atoms with Gasteiger partial charge in [-0.05, 0) is 38.5 Å². The normalized spacial score (nSPS) is 27.8. The van der Waals surface area contributed by atoms with E-state index in [0.29, 0.717) is 11.8 Å². The molecule has 2 aliphatic rings. The number of nitrogens with zero attached hydrogens (tertiary/aromatic N) is 4. The molecule has 21 heavy (non-hydrogen) atoms. The van der Waals surface area contributed by atoms with E-state index in [-0.39, 0.29) is 12.0 Å². The summed E-state index contributed by atoms with van der Waals surface area (Å²) in [6, 6.07) is 0. The molecule has 1 aromatic rings. The van der Waals surface area contributed by atoms with Crippen LogP contribution >= 0.6 is 0 Å². The van der Waals surface area contributed by atoms with Crippen LogP contribution in [0.5, 0.6) is 0 Å². The largest absolute Gasteiger partial charge is 0.378 e. The molecular formula is C15H24N4O2. The maximum atomic E-state index is 12.6. The fraction of sp³-hybridized carbons (Fsp3) is 0.800.